The average molecular weight is 289 g/mol. The first-order chi connectivity index (χ1) is 10.0. The second-order valence-corrected chi connectivity index (χ2v) is 6.02. The van der Waals surface area contributed by atoms with Crippen LogP contribution >= 0.6 is 0 Å². The standard InChI is InChI=1S/C17H27N3O/c1-5-13(2)19(4)11-10-18-17(21)20-14(3)12-15-8-6-7-9-16(15)20/h6-9,13-14H,5,10-12H2,1-4H3,(H,18,21). The van der Waals surface area contributed by atoms with Crippen LogP contribution < -0.4 is 10.2 Å². The van der Waals surface area contributed by atoms with Crippen LogP contribution in [0.5, 0.6) is 0 Å². The Morgan fingerprint density at radius 2 is 2.19 bits per heavy atom. The van der Waals surface area contributed by atoms with Crippen molar-refractivity contribution >= 4 is 11.7 Å². The highest BCUT2D eigenvalue weighted by molar-refractivity contribution is 5.94. The molecule has 4 nitrogen and oxygen atoms in total. The predicted octanol–water partition coefficient (Wildman–Crippen LogP) is 2.88. The van der Waals surface area contributed by atoms with Crippen LogP contribution in [0.25, 0.3) is 0 Å². The van der Waals surface area contributed by atoms with Gasteiger partial charge >= 0.3 is 6.03 Å². The average Bonchev–Trinajstić information content (AvgIpc) is 2.81. The van der Waals surface area contributed by atoms with E-state index < -0.39 is 0 Å². The van der Waals surface area contributed by atoms with Gasteiger partial charge in [-0.25, -0.2) is 4.79 Å². The van der Waals surface area contributed by atoms with Gasteiger partial charge in [-0.15, -0.1) is 0 Å². The fourth-order valence-electron chi connectivity index (χ4n) is 2.83. The molecule has 21 heavy (non-hydrogen) atoms. The van der Waals surface area contributed by atoms with Crippen LogP contribution in [0.15, 0.2) is 24.3 Å². The largest absolute Gasteiger partial charge is 0.336 e. The number of benzene rings is 1. The van der Waals surface area contributed by atoms with E-state index in [4.69, 9.17) is 0 Å². The number of fused-ring (bicyclic) bond motifs is 1. The van der Waals surface area contributed by atoms with Crippen LogP contribution in [0.1, 0.15) is 32.8 Å². The fraction of sp³-hybridized carbons (Fsp3) is 0.588. The van der Waals surface area contributed by atoms with Gasteiger partial charge in [-0.05, 0) is 45.4 Å². The molecule has 4 heteroatoms. The third-order valence-corrected chi connectivity index (χ3v) is 4.51. The number of para-hydroxylation sites is 1. The number of carbonyl (C=O) groups excluding carboxylic acids is 1. The molecule has 0 radical (unpaired) electrons. The molecule has 1 heterocycles. The third-order valence-electron chi connectivity index (χ3n) is 4.51. The Morgan fingerprint density at radius 3 is 2.90 bits per heavy atom. The zero-order valence-corrected chi connectivity index (χ0v) is 13.6. The normalized spacial score (nSPS) is 18.7. The number of likely N-dealkylation sites (N-methyl/N-ethyl adjacent to an activating group) is 1. The van der Waals surface area contributed by atoms with Crippen LogP contribution in [0, 0.1) is 0 Å². The van der Waals surface area contributed by atoms with Crippen molar-refractivity contribution in [2.45, 2.75) is 45.7 Å². The van der Waals surface area contributed by atoms with E-state index in [-0.39, 0.29) is 12.1 Å². The lowest BCUT2D eigenvalue weighted by Gasteiger charge is -2.26. The number of hydrogen-bond acceptors (Lipinski definition) is 2. The maximum Gasteiger partial charge on any atom is 0.322 e. The molecular weight excluding hydrogens is 262 g/mol. The zero-order valence-electron chi connectivity index (χ0n) is 13.6. The van der Waals surface area contributed by atoms with Crippen LogP contribution in [0.4, 0.5) is 10.5 Å². The lowest BCUT2D eigenvalue weighted by atomic mass is 10.1. The number of hydrogen-bond donors (Lipinski definition) is 1. The molecular formula is C17H27N3O. The smallest absolute Gasteiger partial charge is 0.322 e. The van der Waals surface area contributed by atoms with Gasteiger partial charge in [-0.2, -0.15) is 0 Å². The number of anilines is 1. The molecule has 1 aromatic carbocycles. The minimum Gasteiger partial charge on any atom is -0.336 e. The zero-order chi connectivity index (χ0) is 15.4. The Balaban J connectivity index is 1.89. The lowest BCUT2D eigenvalue weighted by Crippen LogP contribution is -2.46. The van der Waals surface area contributed by atoms with E-state index in [1.165, 1.54) is 5.56 Å². The molecule has 2 unspecified atom stereocenters. The van der Waals surface area contributed by atoms with Crippen LogP contribution in [-0.2, 0) is 6.42 Å². The second-order valence-electron chi connectivity index (χ2n) is 6.02. The van der Waals surface area contributed by atoms with Gasteiger partial charge in [0.25, 0.3) is 0 Å². The van der Waals surface area contributed by atoms with Crippen LogP contribution in [0.2, 0.25) is 0 Å². The number of amides is 2. The fourth-order valence-corrected chi connectivity index (χ4v) is 2.83. The molecule has 1 N–H and O–H groups in total. The molecule has 1 aliphatic heterocycles. The predicted molar refractivity (Wildman–Crippen MR) is 87.9 cm³/mol. The quantitative estimate of drug-likeness (QED) is 0.904. The van der Waals surface area contributed by atoms with E-state index in [2.05, 4.69) is 44.1 Å². The van der Waals surface area contributed by atoms with Gasteiger partial charge in [0.2, 0.25) is 0 Å². The summed E-state index contributed by atoms with van der Waals surface area (Å²) in [5.41, 5.74) is 2.31. The van der Waals surface area contributed by atoms with Gasteiger partial charge in [0.1, 0.15) is 0 Å². The lowest BCUT2D eigenvalue weighted by molar-refractivity contribution is 0.233. The number of nitrogens with one attached hydrogen (secondary N) is 1. The molecule has 0 aliphatic carbocycles. The highest BCUT2D eigenvalue weighted by Crippen LogP contribution is 2.31. The van der Waals surface area contributed by atoms with Gasteiger partial charge in [-0.1, -0.05) is 25.1 Å². The molecule has 0 spiro atoms. The summed E-state index contributed by atoms with van der Waals surface area (Å²) in [6.07, 6.45) is 2.07. The summed E-state index contributed by atoms with van der Waals surface area (Å²) in [5.74, 6) is 0. The summed E-state index contributed by atoms with van der Waals surface area (Å²) < 4.78 is 0. The first-order valence-electron chi connectivity index (χ1n) is 7.89. The number of rotatable bonds is 5. The molecule has 2 amide bonds. The molecule has 0 fully saturated rings. The molecule has 0 saturated heterocycles. The monoisotopic (exact) mass is 289 g/mol. The Kier molecular flexibility index (Phi) is 5.23. The molecule has 0 bridgehead atoms. The Bertz CT molecular complexity index is 489. The summed E-state index contributed by atoms with van der Waals surface area (Å²) in [6.45, 7) is 8.06. The van der Waals surface area contributed by atoms with E-state index in [1.54, 1.807) is 0 Å². The van der Waals surface area contributed by atoms with Crippen LogP contribution in [0.3, 0.4) is 0 Å². The first kappa shape index (κ1) is 15.8. The van der Waals surface area contributed by atoms with E-state index in [0.717, 1.165) is 25.1 Å². The second kappa shape index (κ2) is 6.94. The maximum absolute atomic E-state index is 12.4. The van der Waals surface area contributed by atoms with E-state index in [1.807, 2.05) is 23.1 Å². The SMILES string of the molecule is CCC(C)N(C)CCNC(=O)N1c2ccccc2CC1C. The Morgan fingerprint density at radius 1 is 1.48 bits per heavy atom. The van der Waals surface area contributed by atoms with Gasteiger partial charge < -0.3 is 10.2 Å². The Labute approximate surface area is 128 Å². The van der Waals surface area contributed by atoms with Crippen molar-refractivity contribution < 1.29 is 4.79 Å². The van der Waals surface area contributed by atoms with Crippen molar-refractivity contribution in [3.05, 3.63) is 29.8 Å². The van der Waals surface area contributed by atoms with Crippen molar-refractivity contribution in [3.63, 3.8) is 0 Å². The molecule has 2 rings (SSSR count). The molecule has 2 atom stereocenters. The summed E-state index contributed by atoms with van der Waals surface area (Å²) >= 11 is 0. The van der Waals surface area contributed by atoms with E-state index in [9.17, 15) is 4.79 Å². The van der Waals surface area contributed by atoms with Gasteiger partial charge in [-0.3, -0.25) is 4.90 Å². The molecule has 0 aromatic heterocycles. The molecule has 0 saturated carbocycles. The molecule has 1 aromatic rings. The minimum absolute atomic E-state index is 0.0185. The van der Waals surface area contributed by atoms with Crippen molar-refractivity contribution in [2.75, 3.05) is 25.0 Å². The topological polar surface area (TPSA) is 35.6 Å². The highest BCUT2D eigenvalue weighted by Gasteiger charge is 2.30. The number of nitrogens with zero attached hydrogens (tertiary/aromatic N) is 2. The number of carbonyl (C=O) groups is 1. The number of urea groups is 1. The van der Waals surface area contributed by atoms with Crippen molar-refractivity contribution in [2.24, 2.45) is 0 Å². The third kappa shape index (κ3) is 3.56. The van der Waals surface area contributed by atoms with Gasteiger partial charge in [0, 0.05) is 30.9 Å². The van der Waals surface area contributed by atoms with Gasteiger partial charge in [0.05, 0.1) is 0 Å². The summed E-state index contributed by atoms with van der Waals surface area (Å²) in [5, 5.41) is 3.05. The maximum atomic E-state index is 12.4. The highest BCUT2D eigenvalue weighted by atomic mass is 16.2. The summed E-state index contributed by atoms with van der Waals surface area (Å²) in [6, 6.07) is 8.97. The van der Waals surface area contributed by atoms with E-state index >= 15 is 0 Å². The van der Waals surface area contributed by atoms with Crippen LogP contribution in [-0.4, -0.2) is 43.2 Å². The minimum atomic E-state index is 0.0185. The van der Waals surface area contributed by atoms with E-state index in [0.29, 0.717) is 12.6 Å². The van der Waals surface area contributed by atoms with Crippen molar-refractivity contribution in [1.82, 2.24) is 10.2 Å². The van der Waals surface area contributed by atoms with Crippen molar-refractivity contribution in [1.29, 1.82) is 0 Å². The molecule has 1 aliphatic rings. The summed E-state index contributed by atoms with van der Waals surface area (Å²) in [4.78, 5) is 16.6. The first-order valence-corrected chi connectivity index (χ1v) is 7.89. The molecule has 116 valence electrons. The summed E-state index contributed by atoms with van der Waals surface area (Å²) in [7, 11) is 2.11. The van der Waals surface area contributed by atoms with Crippen molar-refractivity contribution in [3.8, 4) is 0 Å². The Hall–Kier alpha value is -1.55. The van der Waals surface area contributed by atoms with Gasteiger partial charge in [0.15, 0.2) is 0 Å².